The minimum absolute atomic E-state index is 0.206. The molecule has 0 aliphatic heterocycles. The van der Waals surface area contributed by atoms with E-state index in [2.05, 4.69) is 47.8 Å². The van der Waals surface area contributed by atoms with Gasteiger partial charge in [0.05, 0.1) is 6.61 Å². The van der Waals surface area contributed by atoms with Crippen molar-refractivity contribution in [2.45, 2.75) is 12.8 Å². The molecule has 2 aromatic rings. The summed E-state index contributed by atoms with van der Waals surface area (Å²) in [6, 6.07) is 13.9. The van der Waals surface area contributed by atoms with Crippen molar-refractivity contribution in [3.8, 4) is 11.5 Å². The number of halogens is 5. The van der Waals surface area contributed by atoms with Crippen LogP contribution in [0.4, 0.5) is 0 Å². The van der Waals surface area contributed by atoms with Crippen LogP contribution in [-0.2, 0) is 0 Å². The number of hydrogen-bond donors (Lipinski definition) is 1. The van der Waals surface area contributed by atoms with Gasteiger partial charge in [-0.2, -0.15) is 0 Å². The van der Waals surface area contributed by atoms with E-state index in [0.29, 0.717) is 10.0 Å². The Hall–Kier alpha value is 0.0600. The summed E-state index contributed by atoms with van der Waals surface area (Å²) in [5.74, 6) is 1.04. The molecule has 0 aliphatic rings. The minimum Gasteiger partial charge on any atom is -0.508 e. The van der Waals surface area contributed by atoms with E-state index < -0.39 is 0 Å². The van der Waals surface area contributed by atoms with E-state index in [0.717, 1.165) is 34.8 Å². The maximum absolute atomic E-state index is 8.73. The Labute approximate surface area is 185 Å². The van der Waals surface area contributed by atoms with Gasteiger partial charge in [0, 0.05) is 26.0 Å². The molecular formula is C18H21Br3Cl2O2. The molecule has 0 saturated heterocycles. The summed E-state index contributed by atoms with van der Waals surface area (Å²) >= 11 is 21.1. The number of alkyl halides is 3. The summed E-state index contributed by atoms with van der Waals surface area (Å²) < 4.78 is 5.41. The van der Waals surface area contributed by atoms with Gasteiger partial charge in [0.1, 0.15) is 11.5 Å². The number of hydrogen-bond acceptors (Lipinski definition) is 2. The molecule has 0 aliphatic carbocycles. The highest BCUT2D eigenvalue weighted by molar-refractivity contribution is 9.09. The van der Waals surface area contributed by atoms with Gasteiger partial charge in [-0.15, -0.1) is 0 Å². The van der Waals surface area contributed by atoms with Crippen molar-refractivity contribution < 1.29 is 9.84 Å². The van der Waals surface area contributed by atoms with E-state index in [9.17, 15) is 0 Å². The number of phenolic OH excluding ortho intramolecular Hbond substituents is 1. The van der Waals surface area contributed by atoms with Crippen molar-refractivity contribution in [2.75, 3.05) is 22.6 Å². The van der Waals surface area contributed by atoms with Crippen molar-refractivity contribution >= 4 is 71.0 Å². The molecule has 0 saturated carbocycles. The van der Waals surface area contributed by atoms with E-state index in [1.807, 2.05) is 24.3 Å². The predicted molar refractivity (Wildman–Crippen MR) is 121 cm³/mol. The Balaban J connectivity index is 0.000000382. The molecule has 2 nitrogen and oxygen atoms in total. The molecule has 140 valence electrons. The number of ether oxygens (including phenoxy) is 1. The first-order valence-electron chi connectivity index (χ1n) is 7.54. The molecule has 0 unspecified atom stereocenters. The Kier molecular flexibility index (Phi) is 17.5. The lowest BCUT2D eigenvalue weighted by Crippen LogP contribution is -1.96. The van der Waals surface area contributed by atoms with Crippen LogP contribution >= 0.6 is 71.0 Å². The highest BCUT2D eigenvalue weighted by Gasteiger charge is 1.93. The van der Waals surface area contributed by atoms with Gasteiger partial charge in [0.2, 0.25) is 0 Å². The van der Waals surface area contributed by atoms with Crippen LogP contribution in [0.15, 0.2) is 48.5 Å². The summed E-state index contributed by atoms with van der Waals surface area (Å²) in [6.07, 6.45) is 2.23. The van der Waals surface area contributed by atoms with E-state index in [1.54, 1.807) is 18.2 Å². The molecule has 2 aromatic carbocycles. The molecule has 0 amide bonds. The summed E-state index contributed by atoms with van der Waals surface area (Å²) in [4.78, 5) is 0. The molecular weight excluding hydrogens is 559 g/mol. The smallest absolute Gasteiger partial charge is 0.120 e. The summed E-state index contributed by atoms with van der Waals surface area (Å²) in [7, 11) is 0. The van der Waals surface area contributed by atoms with Gasteiger partial charge < -0.3 is 9.84 Å². The topological polar surface area (TPSA) is 29.5 Å². The molecule has 0 aromatic heterocycles. The average Bonchev–Trinajstić information content (AvgIpc) is 2.57. The monoisotopic (exact) mass is 576 g/mol. The van der Waals surface area contributed by atoms with Crippen LogP contribution < -0.4 is 4.74 Å². The van der Waals surface area contributed by atoms with E-state index >= 15 is 0 Å². The van der Waals surface area contributed by atoms with Gasteiger partial charge in [-0.1, -0.05) is 83.1 Å². The normalized spacial score (nSPS) is 9.32. The molecule has 0 radical (unpaired) electrons. The molecule has 1 N–H and O–H groups in total. The van der Waals surface area contributed by atoms with E-state index in [4.69, 9.17) is 33.0 Å². The van der Waals surface area contributed by atoms with E-state index in [1.165, 1.54) is 12.5 Å². The SMILES string of the molecule is BrCCCBr.Clc1cccc(OCCCBr)c1.Oc1cccc(Cl)c1. The summed E-state index contributed by atoms with van der Waals surface area (Å²) in [6.45, 7) is 0.728. The zero-order chi connectivity index (χ0) is 18.9. The Morgan fingerprint density at radius 3 is 1.76 bits per heavy atom. The Morgan fingerprint density at radius 1 is 0.800 bits per heavy atom. The van der Waals surface area contributed by atoms with Gasteiger partial charge >= 0.3 is 0 Å². The van der Waals surface area contributed by atoms with Gasteiger partial charge in [0.15, 0.2) is 0 Å². The second kappa shape index (κ2) is 17.5. The first kappa shape index (κ1) is 25.1. The quantitative estimate of drug-likeness (QED) is 0.280. The number of rotatable bonds is 6. The van der Waals surface area contributed by atoms with Gasteiger partial charge in [-0.25, -0.2) is 0 Å². The fourth-order valence-corrected chi connectivity index (χ4v) is 3.23. The highest BCUT2D eigenvalue weighted by Crippen LogP contribution is 2.17. The molecule has 0 atom stereocenters. The Morgan fingerprint density at radius 2 is 1.36 bits per heavy atom. The fraction of sp³-hybridized carbons (Fsp3) is 0.333. The minimum atomic E-state index is 0.206. The van der Waals surface area contributed by atoms with E-state index in [-0.39, 0.29) is 5.75 Å². The first-order valence-corrected chi connectivity index (χ1v) is 11.7. The molecule has 7 heteroatoms. The van der Waals surface area contributed by atoms with Crippen molar-refractivity contribution in [1.29, 1.82) is 0 Å². The third-order valence-corrected chi connectivity index (χ3v) is 4.57. The maximum Gasteiger partial charge on any atom is 0.120 e. The van der Waals surface area contributed by atoms with Crippen LogP contribution in [0.5, 0.6) is 11.5 Å². The molecule has 25 heavy (non-hydrogen) atoms. The number of benzene rings is 2. The van der Waals surface area contributed by atoms with Gasteiger partial charge in [0.25, 0.3) is 0 Å². The summed E-state index contributed by atoms with van der Waals surface area (Å²) in [5, 5.41) is 13.2. The van der Waals surface area contributed by atoms with Crippen LogP contribution in [0.1, 0.15) is 12.8 Å². The molecule has 0 heterocycles. The van der Waals surface area contributed by atoms with Gasteiger partial charge in [-0.3, -0.25) is 0 Å². The van der Waals surface area contributed by atoms with Crippen LogP contribution in [-0.4, -0.2) is 27.7 Å². The van der Waals surface area contributed by atoms with Gasteiger partial charge in [-0.05, 0) is 49.2 Å². The van der Waals surface area contributed by atoms with Crippen LogP contribution in [0.25, 0.3) is 0 Å². The van der Waals surface area contributed by atoms with Crippen molar-refractivity contribution in [1.82, 2.24) is 0 Å². The van der Waals surface area contributed by atoms with Crippen LogP contribution in [0, 0.1) is 0 Å². The van der Waals surface area contributed by atoms with Crippen LogP contribution in [0.3, 0.4) is 0 Å². The zero-order valence-electron chi connectivity index (χ0n) is 13.6. The first-order chi connectivity index (χ1) is 12.0. The predicted octanol–water partition coefficient (Wildman–Crippen LogP) is 7.72. The molecule has 0 fully saturated rings. The Bertz CT molecular complexity index is 552. The second-order valence-corrected chi connectivity index (χ2v) is 7.81. The highest BCUT2D eigenvalue weighted by atomic mass is 79.9. The molecule has 0 bridgehead atoms. The maximum atomic E-state index is 8.73. The lowest BCUT2D eigenvalue weighted by Gasteiger charge is -2.04. The zero-order valence-corrected chi connectivity index (χ0v) is 19.9. The molecule has 2 rings (SSSR count). The third-order valence-electron chi connectivity index (χ3n) is 2.42. The van der Waals surface area contributed by atoms with Crippen molar-refractivity contribution in [3.05, 3.63) is 58.6 Å². The van der Waals surface area contributed by atoms with Crippen LogP contribution in [0.2, 0.25) is 10.0 Å². The molecule has 0 spiro atoms. The summed E-state index contributed by atoms with van der Waals surface area (Å²) in [5.41, 5.74) is 0. The largest absolute Gasteiger partial charge is 0.508 e. The van der Waals surface area contributed by atoms with Crippen molar-refractivity contribution in [3.63, 3.8) is 0 Å². The standard InChI is InChI=1S/C9H10BrClO.C6H5ClO.C3H6Br2/c10-5-2-6-12-9-4-1-3-8(11)7-9;7-5-2-1-3-6(8)4-5;4-2-1-3-5/h1,3-4,7H,2,5-6H2;1-4,8H;1-3H2. The lowest BCUT2D eigenvalue weighted by molar-refractivity contribution is 0.319. The average molecular weight is 580 g/mol. The lowest BCUT2D eigenvalue weighted by atomic mass is 10.3. The third kappa shape index (κ3) is 16.0. The van der Waals surface area contributed by atoms with Crippen molar-refractivity contribution in [2.24, 2.45) is 0 Å². The fourth-order valence-electron chi connectivity index (χ4n) is 1.33. The number of aromatic hydroxyl groups is 1. The second-order valence-electron chi connectivity index (χ2n) is 4.56. The number of phenols is 1.